The van der Waals surface area contributed by atoms with Gasteiger partial charge in [-0.3, -0.25) is 9.79 Å². The average Bonchev–Trinajstić information content (AvgIpc) is 2.95. The lowest BCUT2D eigenvalue weighted by Crippen LogP contribution is -2.48. The average molecular weight is 550 g/mol. The van der Waals surface area contributed by atoms with Crippen LogP contribution in [0, 0.1) is 23.5 Å². The quantitative estimate of drug-likeness (QED) is 0.267. The fourth-order valence-corrected chi connectivity index (χ4v) is 5.28. The SMILES string of the molecule is C=NOC(=NCC1CCN(c2ncnc3c(-c4ccc(N5CCNCC5=O)c(F)c4)cc(F)cc23)CC1)C(C)C. The number of amides is 1. The zero-order chi connectivity index (χ0) is 28.2. The van der Waals surface area contributed by atoms with Gasteiger partial charge in [0.05, 0.1) is 17.7 Å². The molecule has 2 saturated heterocycles. The Morgan fingerprint density at radius 2 is 1.98 bits per heavy atom. The summed E-state index contributed by atoms with van der Waals surface area (Å²) >= 11 is 0. The number of rotatable bonds is 7. The minimum absolute atomic E-state index is 0.122. The van der Waals surface area contributed by atoms with E-state index < -0.39 is 11.6 Å². The van der Waals surface area contributed by atoms with Crippen molar-refractivity contribution >= 4 is 40.9 Å². The van der Waals surface area contributed by atoms with Crippen molar-refractivity contribution in [2.45, 2.75) is 26.7 Å². The molecule has 5 rings (SSSR count). The highest BCUT2D eigenvalue weighted by molar-refractivity contribution is 6.00. The van der Waals surface area contributed by atoms with Crippen LogP contribution in [0.1, 0.15) is 26.7 Å². The number of aromatic nitrogens is 2. The fraction of sp³-hybridized carbons (Fsp3) is 0.414. The molecule has 11 heteroatoms. The lowest BCUT2D eigenvalue weighted by atomic mass is 9.96. The number of nitrogens with one attached hydrogen (secondary N) is 1. The van der Waals surface area contributed by atoms with Crippen LogP contribution in [0.25, 0.3) is 22.0 Å². The van der Waals surface area contributed by atoms with Gasteiger partial charge in [0.25, 0.3) is 0 Å². The van der Waals surface area contributed by atoms with E-state index >= 15 is 4.39 Å². The highest BCUT2D eigenvalue weighted by Crippen LogP contribution is 2.35. The van der Waals surface area contributed by atoms with E-state index in [1.807, 2.05) is 13.8 Å². The van der Waals surface area contributed by atoms with Crippen molar-refractivity contribution in [1.29, 1.82) is 0 Å². The summed E-state index contributed by atoms with van der Waals surface area (Å²) in [6, 6.07) is 7.40. The molecule has 2 aliphatic rings. The van der Waals surface area contributed by atoms with Gasteiger partial charge in [-0.25, -0.2) is 18.7 Å². The second kappa shape index (κ2) is 12.0. The molecule has 40 heavy (non-hydrogen) atoms. The van der Waals surface area contributed by atoms with Gasteiger partial charge in [0.15, 0.2) is 0 Å². The van der Waals surface area contributed by atoms with Crippen LogP contribution in [0.3, 0.4) is 0 Å². The molecule has 0 spiro atoms. The number of nitrogens with zero attached hydrogens (tertiary/aromatic N) is 6. The van der Waals surface area contributed by atoms with E-state index in [4.69, 9.17) is 4.84 Å². The molecule has 2 fully saturated rings. The minimum Gasteiger partial charge on any atom is -0.356 e. The third-order valence-corrected chi connectivity index (χ3v) is 7.39. The Bertz CT molecular complexity index is 1440. The summed E-state index contributed by atoms with van der Waals surface area (Å²) in [5, 5.41) is 7.05. The van der Waals surface area contributed by atoms with Crippen molar-refractivity contribution in [1.82, 2.24) is 15.3 Å². The Morgan fingerprint density at radius 3 is 2.67 bits per heavy atom. The van der Waals surface area contributed by atoms with Gasteiger partial charge in [-0.05, 0) is 48.6 Å². The van der Waals surface area contributed by atoms with E-state index in [0.29, 0.717) is 59.3 Å². The van der Waals surface area contributed by atoms with Gasteiger partial charge in [0.1, 0.15) is 23.8 Å². The van der Waals surface area contributed by atoms with Gasteiger partial charge in [-0.2, -0.15) is 0 Å². The Morgan fingerprint density at radius 1 is 1.18 bits per heavy atom. The molecule has 0 unspecified atom stereocenters. The van der Waals surface area contributed by atoms with Crippen LogP contribution < -0.4 is 15.1 Å². The molecule has 1 amide bonds. The number of piperidine rings is 1. The van der Waals surface area contributed by atoms with E-state index in [1.54, 1.807) is 12.1 Å². The number of oxime groups is 1. The molecule has 210 valence electrons. The molecule has 1 N–H and O–H groups in total. The summed E-state index contributed by atoms with van der Waals surface area (Å²) in [4.78, 5) is 34.6. The molecular weight excluding hydrogens is 516 g/mol. The molecule has 1 aromatic heterocycles. The maximum absolute atomic E-state index is 15.2. The van der Waals surface area contributed by atoms with Crippen LogP contribution in [0.15, 0.2) is 46.8 Å². The Kier molecular flexibility index (Phi) is 8.29. The van der Waals surface area contributed by atoms with Crippen molar-refractivity contribution in [3.8, 4) is 11.1 Å². The number of aliphatic imine (C=N–C) groups is 1. The minimum atomic E-state index is -0.543. The lowest BCUT2D eigenvalue weighted by Gasteiger charge is -2.33. The van der Waals surface area contributed by atoms with Crippen LogP contribution >= 0.6 is 0 Å². The summed E-state index contributed by atoms with van der Waals surface area (Å²) in [7, 11) is 0. The molecule has 3 heterocycles. The third-order valence-electron chi connectivity index (χ3n) is 7.39. The molecule has 3 aromatic rings. The van der Waals surface area contributed by atoms with Gasteiger partial charge in [0, 0.05) is 56.3 Å². The van der Waals surface area contributed by atoms with E-state index in [9.17, 15) is 9.18 Å². The van der Waals surface area contributed by atoms with E-state index in [2.05, 4.69) is 37.1 Å². The van der Waals surface area contributed by atoms with Crippen molar-refractivity contribution < 1.29 is 18.4 Å². The second-order valence-corrected chi connectivity index (χ2v) is 10.4. The van der Waals surface area contributed by atoms with E-state index in [1.165, 1.54) is 29.4 Å². The number of piperazine rings is 1. The zero-order valence-electron chi connectivity index (χ0n) is 22.7. The van der Waals surface area contributed by atoms with Crippen LogP contribution in [-0.2, 0) is 9.63 Å². The van der Waals surface area contributed by atoms with Crippen LogP contribution in [0.5, 0.6) is 0 Å². The number of benzene rings is 2. The third kappa shape index (κ3) is 5.79. The van der Waals surface area contributed by atoms with Crippen molar-refractivity contribution in [2.75, 3.05) is 49.1 Å². The first-order valence-corrected chi connectivity index (χ1v) is 13.5. The van der Waals surface area contributed by atoms with Gasteiger partial charge >= 0.3 is 0 Å². The number of carbonyl (C=O) groups excluding carboxylic acids is 1. The standard InChI is InChI=1S/C29H33F2N7O2/c1-18(2)29(40-32-3)34-15-19-6-9-37(10-7-19)28-23-14-21(30)13-22(27(23)35-17-36-28)20-4-5-25(24(31)12-20)38-11-8-33-16-26(38)39/h4-5,12-14,17-19,33H,3,6-11,15-16H2,1-2H3. The largest absolute Gasteiger partial charge is 0.356 e. The smallest absolute Gasteiger partial charge is 0.241 e. The number of hydrogen-bond donors (Lipinski definition) is 1. The maximum Gasteiger partial charge on any atom is 0.241 e. The number of fused-ring (bicyclic) bond motifs is 1. The summed E-state index contributed by atoms with van der Waals surface area (Å²) < 4.78 is 30.2. The Labute approximate surface area is 231 Å². The molecule has 2 aromatic carbocycles. The molecule has 2 aliphatic heterocycles. The summed E-state index contributed by atoms with van der Waals surface area (Å²) in [6.45, 7) is 10.6. The molecule has 0 radical (unpaired) electrons. The summed E-state index contributed by atoms with van der Waals surface area (Å²) in [6.07, 6.45) is 3.25. The summed E-state index contributed by atoms with van der Waals surface area (Å²) in [5.41, 5.74) is 1.70. The summed E-state index contributed by atoms with van der Waals surface area (Å²) in [5.74, 6) is 0.536. The van der Waals surface area contributed by atoms with Crippen LogP contribution in [-0.4, -0.2) is 67.8 Å². The Balaban J connectivity index is 1.39. The zero-order valence-corrected chi connectivity index (χ0v) is 22.7. The van der Waals surface area contributed by atoms with Gasteiger partial charge in [-0.1, -0.05) is 25.1 Å². The molecule has 9 nitrogen and oxygen atoms in total. The number of hydrogen-bond acceptors (Lipinski definition) is 8. The maximum atomic E-state index is 15.2. The first kappa shape index (κ1) is 27.6. The Hall–Kier alpha value is -3.99. The highest BCUT2D eigenvalue weighted by Gasteiger charge is 2.25. The highest BCUT2D eigenvalue weighted by atomic mass is 19.1. The number of anilines is 2. The first-order valence-electron chi connectivity index (χ1n) is 13.5. The van der Waals surface area contributed by atoms with Gasteiger partial charge in [-0.15, -0.1) is 0 Å². The first-order chi connectivity index (χ1) is 19.4. The van der Waals surface area contributed by atoms with Crippen LogP contribution in [0.2, 0.25) is 0 Å². The number of carbonyl (C=O) groups is 1. The molecule has 0 aliphatic carbocycles. The number of halogens is 2. The van der Waals surface area contributed by atoms with E-state index in [0.717, 1.165) is 25.9 Å². The van der Waals surface area contributed by atoms with Crippen molar-refractivity contribution in [2.24, 2.45) is 22.0 Å². The van der Waals surface area contributed by atoms with Crippen molar-refractivity contribution in [3.63, 3.8) is 0 Å². The topological polar surface area (TPSA) is 95.3 Å². The second-order valence-electron chi connectivity index (χ2n) is 10.4. The van der Waals surface area contributed by atoms with E-state index in [-0.39, 0.29) is 24.1 Å². The van der Waals surface area contributed by atoms with Crippen molar-refractivity contribution in [3.05, 3.63) is 48.3 Å². The normalized spacial score (nSPS) is 17.1. The predicted molar refractivity (Wildman–Crippen MR) is 153 cm³/mol. The van der Waals surface area contributed by atoms with Gasteiger partial charge in [0.2, 0.25) is 11.8 Å². The molecular formula is C29H33F2N7O2. The fourth-order valence-electron chi connectivity index (χ4n) is 5.28. The lowest BCUT2D eigenvalue weighted by molar-refractivity contribution is -0.118. The monoisotopic (exact) mass is 549 g/mol. The predicted octanol–water partition coefficient (Wildman–Crippen LogP) is 4.41. The van der Waals surface area contributed by atoms with Crippen LogP contribution in [0.4, 0.5) is 20.3 Å². The molecule has 0 bridgehead atoms. The molecule has 0 atom stereocenters. The molecule has 0 saturated carbocycles. The van der Waals surface area contributed by atoms with Gasteiger partial charge < -0.3 is 20.0 Å².